The maximum absolute atomic E-state index is 12.3. The van der Waals surface area contributed by atoms with Crippen molar-refractivity contribution in [3.05, 3.63) is 56.7 Å². The Hall–Kier alpha value is -2.05. The van der Waals surface area contributed by atoms with Crippen LogP contribution in [0.1, 0.15) is 28.4 Å². The summed E-state index contributed by atoms with van der Waals surface area (Å²) in [4.78, 5) is 26.3. The second kappa shape index (κ2) is 5.62. The van der Waals surface area contributed by atoms with Crippen LogP contribution in [0.5, 0.6) is 0 Å². The number of hydrogen-bond acceptors (Lipinski definition) is 5. The molecule has 3 aromatic heterocycles. The Labute approximate surface area is 131 Å². The molecule has 22 heavy (non-hydrogen) atoms. The van der Waals surface area contributed by atoms with Gasteiger partial charge in [-0.3, -0.25) is 9.78 Å². The van der Waals surface area contributed by atoms with Crippen molar-refractivity contribution >= 4 is 21.6 Å². The molecule has 3 heterocycles. The second-order valence-electron chi connectivity index (χ2n) is 5.47. The summed E-state index contributed by atoms with van der Waals surface area (Å²) in [5.74, 6) is 0.688. The molecule has 0 atom stereocenters. The second-order valence-corrected chi connectivity index (χ2v) is 6.56. The van der Waals surface area contributed by atoms with E-state index in [0.717, 1.165) is 35.2 Å². The summed E-state index contributed by atoms with van der Waals surface area (Å²) >= 11 is 1.67. The number of aryl methyl sites for hydroxylation is 2. The fourth-order valence-corrected chi connectivity index (χ4v) is 4.22. The highest BCUT2D eigenvalue weighted by molar-refractivity contribution is 7.18. The zero-order valence-corrected chi connectivity index (χ0v) is 12.9. The molecule has 0 amide bonds. The molecule has 0 unspecified atom stereocenters. The van der Waals surface area contributed by atoms with Crippen LogP contribution in [0.25, 0.3) is 10.2 Å². The minimum absolute atomic E-state index is 0.000892. The molecule has 0 bridgehead atoms. The van der Waals surface area contributed by atoms with Crippen LogP contribution in [-0.2, 0) is 25.9 Å². The van der Waals surface area contributed by atoms with Gasteiger partial charge in [0.15, 0.2) is 0 Å². The SMILES string of the molecule is O=c1[nH]c(CNCc2ccccn2)nc2sc3c(c12)CCC3. The summed E-state index contributed by atoms with van der Waals surface area (Å²) in [7, 11) is 0. The Balaban J connectivity index is 1.54. The number of aromatic nitrogens is 3. The van der Waals surface area contributed by atoms with Crippen molar-refractivity contribution in [3.8, 4) is 0 Å². The molecule has 6 heteroatoms. The van der Waals surface area contributed by atoms with Crippen molar-refractivity contribution in [2.45, 2.75) is 32.4 Å². The van der Waals surface area contributed by atoms with Gasteiger partial charge in [0, 0.05) is 17.6 Å². The Bertz CT molecular complexity index is 869. The average Bonchev–Trinajstić information content (AvgIpc) is 3.08. The van der Waals surface area contributed by atoms with Gasteiger partial charge < -0.3 is 10.3 Å². The molecule has 5 nitrogen and oxygen atoms in total. The van der Waals surface area contributed by atoms with E-state index in [-0.39, 0.29) is 5.56 Å². The van der Waals surface area contributed by atoms with Gasteiger partial charge in [0.25, 0.3) is 5.56 Å². The number of nitrogens with one attached hydrogen (secondary N) is 2. The van der Waals surface area contributed by atoms with E-state index in [1.165, 1.54) is 10.4 Å². The summed E-state index contributed by atoms with van der Waals surface area (Å²) in [6, 6.07) is 5.83. The molecule has 112 valence electrons. The van der Waals surface area contributed by atoms with E-state index >= 15 is 0 Å². The molecule has 0 spiro atoms. The van der Waals surface area contributed by atoms with Gasteiger partial charge in [-0.1, -0.05) is 6.07 Å². The lowest BCUT2D eigenvalue weighted by molar-refractivity contribution is 0.653. The highest BCUT2D eigenvalue weighted by Gasteiger charge is 2.20. The summed E-state index contributed by atoms with van der Waals surface area (Å²) in [6.45, 7) is 1.19. The predicted molar refractivity (Wildman–Crippen MR) is 87.0 cm³/mol. The van der Waals surface area contributed by atoms with Crippen molar-refractivity contribution < 1.29 is 0 Å². The van der Waals surface area contributed by atoms with Crippen molar-refractivity contribution in [3.63, 3.8) is 0 Å². The molecule has 3 aromatic rings. The molecular formula is C16H16N4OS. The van der Waals surface area contributed by atoms with Crippen LogP contribution in [0.15, 0.2) is 29.2 Å². The lowest BCUT2D eigenvalue weighted by Crippen LogP contribution is -2.19. The van der Waals surface area contributed by atoms with Gasteiger partial charge in [0.2, 0.25) is 0 Å². The molecular weight excluding hydrogens is 296 g/mol. The van der Waals surface area contributed by atoms with Crippen molar-refractivity contribution in [2.75, 3.05) is 0 Å². The number of aromatic amines is 1. The quantitative estimate of drug-likeness (QED) is 0.774. The molecule has 0 aromatic carbocycles. The maximum atomic E-state index is 12.3. The smallest absolute Gasteiger partial charge is 0.259 e. The number of rotatable bonds is 4. The molecule has 0 saturated heterocycles. The van der Waals surface area contributed by atoms with Crippen LogP contribution in [0.4, 0.5) is 0 Å². The molecule has 1 aliphatic carbocycles. The lowest BCUT2D eigenvalue weighted by Gasteiger charge is -2.04. The first-order valence-electron chi connectivity index (χ1n) is 7.45. The largest absolute Gasteiger partial charge is 0.309 e. The highest BCUT2D eigenvalue weighted by Crippen LogP contribution is 2.34. The monoisotopic (exact) mass is 312 g/mol. The predicted octanol–water partition coefficient (Wildman–Crippen LogP) is 2.16. The van der Waals surface area contributed by atoms with Crippen LogP contribution < -0.4 is 10.9 Å². The minimum atomic E-state index is -0.000892. The normalized spacial score (nSPS) is 13.6. The van der Waals surface area contributed by atoms with Gasteiger partial charge in [-0.2, -0.15) is 0 Å². The first-order valence-corrected chi connectivity index (χ1v) is 8.27. The van der Waals surface area contributed by atoms with E-state index in [1.54, 1.807) is 17.5 Å². The van der Waals surface area contributed by atoms with Gasteiger partial charge in [-0.05, 0) is 37.0 Å². The number of thiophene rings is 1. The number of H-pyrrole nitrogens is 1. The third-order valence-electron chi connectivity index (χ3n) is 3.95. The number of pyridine rings is 1. The third kappa shape index (κ3) is 2.44. The zero-order chi connectivity index (χ0) is 14.9. The summed E-state index contributed by atoms with van der Waals surface area (Å²) in [5.41, 5.74) is 2.20. The van der Waals surface area contributed by atoms with E-state index in [2.05, 4.69) is 20.3 Å². The molecule has 0 saturated carbocycles. The van der Waals surface area contributed by atoms with Gasteiger partial charge in [-0.25, -0.2) is 4.98 Å². The van der Waals surface area contributed by atoms with Gasteiger partial charge in [-0.15, -0.1) is 11.3 Å². The number of hydrogen-bond donors (Lipinski definition) is 2. The van der Waals surface area contributed by atoms with Crippen molar-refractivity contribution in [1.82, 2.24) is 20.3 Å². The van der Waals surface area contributed by atoms with Crippen LogP contribution in [-0.4, -0.2) is 15.0 Å². The van der Waals surface area contributed by atoms with E-state index in [1.807, 2.05) is 18.2 Å². The zero-order valence-electron chi connectivity index (χ0n) is 12.1. The number of fused-ring (bicyclic) bond motifs is 3. The first-order chi connectivity index (χ1) is 10.8. The Kier molecular flexibility index (Phi) is 3.48. The maximum Gasteiger partial charge on any atom is 0.259 e. The first kappa shape index (κ1) is 13.6. The van der Waals surface area contributed by atoms with Gasteiger partial charge in [0.1, 0.15) is 10.7 Å². The summed E-state index contributed by atoms with van der Waals surface area (Å²) < 4.78 is 0. The van der Waals surface area contributed by atoms with Crippen LogP contribution in [0.3, 0.4) is 0 Å². The van der Waals surface area contributed by atoms with Crippen molar-refractivity contribution in [2.24, 2.45) is 0 Å². The van der Waals surface area contributed by atoms with Crippen LogP contribution in [0, 0.1) is 0 Å². The van der Waals surface area contributed by atoms with Crippen LogP contribution >= 0.6 is 11.3 Å². The molecule has 4 rings (SSSR count). The Morgan fingerprint density at radius 3 is 3.09 bits per heavy atom. The molecule has 1 aliphatic rings. The fraction of sp³-hybridized carbons (Fsp3) is 0.312. The molecule has 0 aliphatic heterocycles. The van der Waals surface area contributed by atoms with Crippen LogP contribution in [0.2, 0.25) is 0 Å². The summed E-state index contributed by atoms with van der Waals surface area (Å²) in [6.07, 6.45) is 5.03. The Morgan fingerprint density at radius 1 is 1.27 bits per heavy atom. The van der Waals surface area contributed by atoms with E-state index in [4.69, 9.17) is 0 Å². The minimum Gasteiger partial charge on any atom is -0.309 e. The van der Waals surface area contributed by atoms with E-state index < -0.39 is 0 Å². The highest BCUT2D eigenvalue weighted by atomic mass is 32.1. The van der Waals surface area contributed by atoms with E-state index in [9.17, 15) is 4.79 Å². The summed E-state index contributed by atoms with van der Waals surface area (Å²) in [5, 5.41) is 4.08. The van der Waals surface area contributed by atoms with Gasteiger partial charge in [0.05, 0.1) is 17.6 Å². The van der Waals surface area contributed by atoms with Gasteiger partial charge >= 0.3 is 0 Å². The molecule has 2 N–H and O–H groups in total. The van der Waals surface area contributed by atoms with E-state index in [0.29, 0.717) is 18.9 Å². The average molecular weight is 312 g/mol. The number of nitrogens with zero attached hydrogens (tertiary/aromatic N) is 2. The molecule has 0 fully saturated rings. The third-order valence-corrected chi connectivity index (χ3v) is 5.13. The topological polar surface area (TPSA) is 70.7 Å². The lowest BCUT2D eigenvalue weighted by atomic mass is 10.2. The molecule has 0 radical (unpaired) electrons. The van der Waals surface area contributed by atoms with Crippen molar-refractivity contribution in [1.29, 1.82) is 0 Å². The fourth-order valence-electron chi connectivity index (χ4n) is 2.94. The standard InChI is InChI=1S/C16H16N4OS/c21-15-14-11-5-3-6-12(11)22-16(14)20-13(19-15)9-17-8-10-4-1-2-7-18-10/h1-2,4,7,17H,3,5-6,8-9H2,(H,19,20,21). The Morgan fingerprint density at radius 2 is 2.23 bits per heavy atom.